The highest BCUT2D eigenvalue weighted by molar-refractivity contribution is 6.30. The Bertz CT molecular complexity index is 1260. The van der Waals surface area contributed by atoms with Gasteiger partial charge in [0, 0.05) is 17.1 Å². The molecule has 0 aliphatic heterocycles. The summed E-state index contributed by atoms with van der Waals surface area (Å²) in [6, 6.07) is 13.7. The smallest absolute Gasteiger partial charge is 0.320 e. The number of fused-ring (bicyclic) bond motifs is 1. The van der Waals surface area contributed by atoms with E-state index in [0.717, 1.165) is 42.4 Å². The summed E-state index contributed by atoms with van der Waals surface area (Å²) in [7, 11) is 0. The van der Waals surface area contributed by atoms with Crippen LogP contribution in [-0.2, 0) is 4.79 Å². The average molecular weight is 452 g/mol. The number of aromatic amines is 1. The van der Waals surface area contributed by atoms with Crippen LogP contribution in [0.25, 0.3) is 22.7 Å². The van der Waals surface area contributed by atoms with E-state index in [-0.39, 0.29) is 18.4 Å². The zero-order valence-electron chi connectivity index (χ0n) is 17.2. The van der Waals surface area contributed by atoms with Crippen LogP contribution in [0.2, 0.25) is 5.02 Å². The van der Waals surface area contributed by atoms with Gasteiger partial charge >= 0.3 is 12.0 Å². The molecule has 0 saturated heterocycles. The van der Waals surface area contributed by atoms with Crippen LogP contribution in [0.4, 0.5) is 11.7 Å². The van der Waals surface area contributed by atoms with E-state index in [1.807, 2.05) is 18.2 Å². The van der Waals surface area contributed by atoms with Crippen molar-refractivity contribution in [3.63, 3.8) is 0 Å². The van der Waals surface area contributed by atoms with E-state index in [1.165, 1.54) is 5.56 Å². The molecule has 3 N–H and O–H groups in total. The van der Waals surface area contributed by atoms with Crippen molar-refractivity contribution in [2.75, 3.05) is 5.32 Å². The topological polar surface area (TPSA) is 117 Å². The van der Waals surface area contributed by atoms with Gasteiger partial charge < -0.3 is 19.8 Å². The van der Waals surface area contributed by atoms with E-state index in [2.05, 4.69) is 37.6 Å². The highest BCUT2D eigenvalue weighted by Crippen LogP contribution is 2.38. The van der Waals surface area contributed by atoms with Crippen LogP contribution in [0.5, 0.6) is 0 Å². The number of benzene rings is 2. The molecule has 1 saturated carbocycles. The summed E-state index contributed by atoms with van der Waals surface area (Å²) < 4.78 is 5.71. The van der Waals surface area contributed by atoms with Gasteiger partial charge in [-0.1, -0.05) is 28.8 Å². The molecule has 2 aromatic carbocycles. The maximum atomic E-state index is 11.0. The second kappa shape index (κ2) is 8.63. The molecule has 0 amide bonds. The van der Waals surface area contributed by atoms with Gasteiger partial charge in [-0.25, -0.2) is 4.98 Å². The zero-order valence-corrected chi connectivity index (χ0v) is 18.0. The summed E-state index contributed by atoms with van der Waals surface area (Å²) >= 11 is 6.01. The fourth-order valence-corrected chi connectivity index (χ4v) is 4.57. The second-order valence-electron chi connectivity index (χ2n) is 8.23. The van der Waals surface area contributed by atoms with E-state index in [9.17, 15) is 4.79 Å². The lowest BCUT2D eigenvalue weighted by molar-refractivity contribution is -0.138. The SMILES string of the molecule is O=C(O)C[C@H]1CC[C@H](c2ccc3[nH]c(-c4nnc(Nc5cccc(Cl)c5)o4)nc3c2)CC1. The van der Waals surface area contributed by atoms with Gasteiger partial charge in [0.25, 0.3) is 5.89 Å². The highest BCUT2D eigenvalue weighted by atomic mass is 35.5. The number of carbonyl (C=O) groups is 1. The Morgan fingerprint density at radius 1 is 1.16 bits per heavy atom. The Hall–Kier alpha value is -3.39. The molecule has 164 valence electrons. The Labute approximate surface area is 189 Å². The molecular weight excluding hydrogens is 430 g/mol. The van der Waals surface area contributed by atoms with Crippen LogP contribution in [0, 0.1) is 5.92 Å². The van der Waals surface area contributed by atoms with Crippen molar-refractivity contribution in [2.45, 2.75) is 38.0 Å². The van der Waals surface area contributed by atoms with Gasteiger partial charge in [0.1, 0.15) is 0 Å². The van der Waals surface area contributed by atoms with Gasteiger partial charge in [-0.3, -0.25) is 4.79 Å². The van der Waals surface area contributed by atoms with Crippen molar-refractivity contribution in [3.05, 3.63) is 53.1 Å². The van der Waals surface area contributed by atoms with Crippen LogP contribution in [-0.4, -0.2) is 31.2 Å². The molecule has 1 aliphatic rings. The Morgan fingerprint density at radius 3 is 2.78 bits per heavy atom. The molecular formula is C23H22ClN5O3. The van der Waals surface area contributed by atoms with Gasteiger partial charge in [0.15, 0.2) is 5.82 Å². The van der Waals surface area contributed by atoms with Crippen molar-refractivity contribution in [3.8, 4) is 11.7 Å². The molecule has 4 aromatic rings. The lowest BCUT2D eigenvalue weighted by atomic mass is 9.77. The molecule has 2 heterocycles. The van der Waals surface area contributed by atoms with Crippen LogP contribution >= 0.6 is 11.6 Å². The van der Waals surface area contributed by atoms with Crippen LogP contribution in [0.1, 0.15) is 43.6 Å². The molecule has 0 atom stereocenters. The predicted molar refractivity (Wildman–Crippen MR) is 121 cm³/mol. The lowest BCUT2D eigenvalue weighted by Crippen LogP contribution is -2.16. The highest BCUT2D eigenvalue weighted by Gasteiger charge is 2.24. The van der Waals surface area contributed by atoms with Gasteiger partial charge in [-0.05, 0) is 73.4 Å². The number of halogens is 1. The number of carboxylic acid groups (broad SMARTS) is 1. The first-order valence-corrected chi connectivity index (χ1v) is 11.0. The monoisotopic (exact) mass is 451 g/mol. The summed E-state index contributed by atoms with van der Waals surface area (Å²) in [5.41, 5.74) is 3.72. The number of imidazole rings is 1. The summed E-state index contributed by atoms with van der Waals surface area (Å²) in [5.74, 6) is 0.819. The minimum absolute atomic E-state index is 0.251. The molecule has 9 heteroatoms. The molecule has 0 spiro atoms. The van der Waals surface area contributed by atoms with Crippen LogP contribution in [0.3, 0.4) is 0 Å². The van der Waals surface area contributed by atoms with E-state index in [1.54, 1.807) is 12.1 Å². The first-order valence-electron chi connectivity index (χ1n) is 10.6. The van der Waals surface area contributed by atoms with Crippen molar-refractivity contribution >= 4 is 40.3 Å². The third-order valence-corrected chi connectivity index (χ3v) is 6.23. The van der Waals surface area contributed by atoms with Crippen molar-refractivity contribution in [1.82, 2.24) is 20.2 Å². The molecule has 1 aliphatic carbocycles. The molecule has 0 bridgehead atoms. The maximum Gasteiger partial charge on any atom is 0.320 e. The van der Waals surface area contributed by atoms with Crippen molar-refractivity contribution in [1.29, 1.82) is 0 Å². The van der Waals surface area contributed by atoms with E-state index in [4.69, 9.17) is 21.1 Å². The number of nitrogens with one attached hydrogen (secondary N) is 2. The molecule has 2 aromatic heterocycles. The number of carboxylic acids is 1. The first kappa shape index (κ1) is 20.5. The number of H-pyrrole nitrogens is 1. The minimum Gasteiger partial charge on any atom is -0.481 e. The summed E-state index contributed by atoms with van der Waals surface area (Å²) in [4.78, 5) is 18.8. The largest absolute Gasteiger partial charge is 0.481 e. The van der Waals surface area contributed by atoms with Gasteiger partial charge in [-0.2, -0.15) is 0 Å². The fraction of sp³-hybridized carbons (Fsp3) is 0.304. The minimum atomic E-state index is -0.703. The number of hydrogen-bond donors (Lipinski definition) is 3. The Kier molecular flexibility index (Phi) is 5.53. The quantitative estimate of drug-likeness (QED) is 0.341. The van der Waals surface area contributed by atoms with Gasteiger partial charge in [-0.15, -0.1) is 5.10 Å². The van der Waals surface area contributed by atoms with E-state index >= 15 is 0 Å². The number of rotatable bonds is 6. The van der Waals surface area contributed by atoms with Crippen LogP contribution in [0.15, 0.2) is 46.9 Å². The number of nitrogens with zero attached hydrogens (tertiary/aromatic N) is 3. The second-order valence-corrected chi connectivity index (χ2v) is 8.66. The van der Waals surface area contributed by atoms with Gasteiger partial charge in [0.05, 0.1) is 11.0 Å². The standard InChI is InChI=1S/C23H22ClN5O3/c24-16-2-1-3-17(12-16)25-23-29-28-22(32-23)21-26-18-9-8-15(11-19(18)27-21)14-6-4-13(5-7-14)10-20(30)31/h1-3,8-9,11-14H,4-7,10H2,(H,25,29)(H,26,27)(H,30,31)/t13-,14-. The molecule has 1 fully saturated rings. The summed E-state index contributed by atoms with van der Waals surface area (Å²) in [6.07, 6.45) is 4.18. The molecule has 8 nitrogen and oxygen atoms in total. The van der Waals surface area contributed by atoms with Crippen molar-refractivity contribution < 1.29 is 14.3 Å². The van der Waals surface area contributed by atoms with Crippen molar-refractivity contribution in [2.24, 2.45) is 5.92 Å². The molecule has 5 rings (SSSR count). The third-order valence-electron chi connectivity index (χ3n) is 5.99. The molecule has 32 heavy (non-hydrogen) atoms. The van der Waals surface area contributed by atoms with Crippen LogP contribution < -0.4 is 5.32 Å². The summed E-state index contributed by atoms with van der Waals surface area (Å²) in [5, 5.41) is 20.8. The Balaban J connectivity index is 1.30. The average Bonchev–Trinajstić information content (AvgIpc) is 3.40. The number of hydrogen-bond acceptors (Lipinski definition) is 6. The zero-order chi connectivity index (χ0) is 22.1. The number of anilines is 2. The number of aliphatic carboxylic acids is 1. The summed E-state index contributed by atoms with van der Waals surface area (Å²) in [6.45, 7) is 0. The van der Waals surface area contributed by atoms with E-state index in [0.29, 0.717) is 22.7 Å². The molecule has 0 unspecified atom stereocenters. The predicted octanol–water partition coefficient (Wildman–Crippen LogP) is 5.76. The maximum absolute atomic E-state index is 11.0. The normalized spacial score (nSPS) is 18.7. The van der Waals surface area contributed by atoms with E-state index < -0.39 is 5.97 Å². The Morgan fingerprint density at radius 2 is 2.00 bits per heavy atom. The molecule has 0 radical (unpaired) electrons. The first-order chi connectivity index (χ1) is 15.5. The third kappa shape index (κ3) is 4.45. The lowest BCUT2D eigenvalue weighted by Gasteiger charge is -2.27. The van der Waals surface area contributed by atoms with Gasteiger partial charge in [0.2, 0.25) is 0 Å². The number of aromatic nitrogens is 4. The fourth-order valence-electron chi connectivity index (χ4n) is 4.38.